The lowest BCUT2D eigenvalue weighted by Gasteiger charge is -2.26. The zero-order chi connectivity index (χ0) is 56.3. The van der Waals surface area contributed by atoms with Gasteiger partial charge in [-0.1, -0.05) is 42.8 Å². The Bertz CT molecular complexity index is 2550. The van der Waals surface area contributed by atoms with Crippen LogP contribution in [0.5, 0.6) is 0 Å². The van der Waals surface area contributed by atoms with Crippen molar-refractivity contribution < 1.29 is 87.7 Å². The van der Waals surface area contributed by atoms with Gasteiger partial charge in [0.2, 0.25) is 11.8 Å². The molecule has 0 radical (unpaired) electrons. The molecule has 3 aromatic rings. The van der Waals surface area contributed by atoms with Crippen LogP contribution in [0.3, 0.4) is 0 Å². The summed E-state index contributed by atoms with van der Waals surface area (Å²) >= 11 is 0. The Morgan fingerprint density at radius 1 is 0.571 bits per heavy atom. The van der Waals surface area contributed by atoms with Crippen molar-refractivity contribution in [2.24, 2.45) is 5.92 Å². The van der Waals surface area contributed by atoms with Gasteiger partial charge in [-0.3, -0.25) is 67.4 Å². The van der Waals surface area contributed by atoms with E-state index >= 15 is 0 Å². The second-order valence-corrected chi connectivity index (χ2v) is 18.0. The number of nitrogens with zero attached hydrogens (tertiary/aromatic N) is 5. The van der Waals surface area contributed by atoms with Gasteiger partial charge in [-0.15, -0.1) is 0 Å². The van der Waals surface area contributed by atoms with E-state index in [2.05, 4.69) is 10.1 Å². The summed E-state index contributed by atoms with van der Waals surface area (Å²) < 4.78 is 9.38. The number of ether oxygens (including phenoxy) is 2. The van der Waals surface area contributed by atoms with Crippen molar-refractivity contribution in [3.05, 3.63) is 106 Å². The first-order valence-electron chi connectivity index (χ1n) is 25.1. The van der Waals surface area contributed by atoms with Gasteiger partial charge in [0.25, 0.3) is 35.4 Å². The van der Waals surface area contributed by atoms with Crippen LogP contribution in [0, 0.1) is 5.92 Å². The number of carbonyl (C=O) groups excluding carboxylic acids is 10. The quantitative estimate of drug-likeness (QED) is 0.0536. The molecule has 0 saturated carbocycles. The fraction of sp³-hybridized carbons (Fsp3) is 0.453. The number of likely N-dealkylation sites (tertiary alicyclic amines) is 2. The second-order valence-electron chi connectivity index (χ2n) is 18.0. The lowest BCUT2D eigenvalue weighted by molar-refractivity contribution is -0.144. The Kier molecular flexibility index (Phi) is 22.6. The third kappa shape index (κ3) is 15.4. The minimum atomic E-state index is -0.819. The summed E-state index contributed by atoms with van der Waals surface area (Å²) in [7, 11) is 0. The summed E-state index contributed by atoms with van der Waals surface area (Å²) in [6, 6.07) is 19.0. The van der Waals surface area contributed by atoms with Crippen LogP contribution in [0.15, 0.2) is 72.8 Å². The van der Waals surface area contributed by atoms with Gasteiger partial charge >= 0.3 is 17.9 Å². The van der Waals surface area contributed by atoms with Crippen LogP contribution in [0.1, 0.15) is 115 Å². The molecule has 77 heavy (non-hydrogen) atoms. The second kappa shape index (κ2) is 28.9. The first kappa shape index (κ1) is 60.1. The number of unbranched alkanes of at least 4 members (excludes halogenated alkanes) is 2. The third-order valence-electron chi connectivity index (χ3n) is 12.9. The number of benzene rings is 3. The highest BCUT2D eigenvalue weighted by molar-refractivity contribution is 6.23. The molecule has 8 amide bonds. The van der Waals surface area contributed by atoms with Crippen molar-refractivity contribution >= 4 is 65.2 Å². The first-order chi connectivity index (χ1) is 36.9. The number of carbonyl (C=O) groups is 11. The van der Waals surface area contributed by atoms with E-state index in [1.165, 1.54) is 14.7 Å². The van der Waals surface area contributed by atoms with E-state index in [4.69, 9.17) is 14.9 Å². The number of rotatable bonds is 19. The summed E-state index contributed by atoms with van der Waals surface area (Å²) in [6.45, 7) is 4.51. The Balaban J connectivity index is 0.000000192. The van der Waals surface area contributed by atoms with Crippen molar-refractivity contribution in [1.82, 2.24) is 29.8 Å². The van der Waals surface area contributed by atoms with Gasteiger partial charge in [-0.05, 0) is 69.5 Å². The van der Waals surface area contributed by atoms with Gasteiger partial charge in [0.1, 0.15) is 13.1 Å². The maximum Gasteiger partial charge on any atom is 0.319 e. The van der Waals surface area contributed by atoms with Gasteiger partial charge < -0.3 is 50.1 Å². The number of imide groups is 3. The standard InChI is InChI=1S/2C15H16N2O5.C14H15NO4.C9H17NO4/c18-8-9-5-16(6-12(9)19)13(20)7-17-14(21)10-3-1-2-4-11(10)15(17)22;18-8-11-12(19)5-6-16(11)13(20)7-17-14(21)9-3-1-2-4-10(9)15(17)22;16-12(17)8-2-1-5-9-15-13(18)10-6-3-4-7-11(10)14(15)19;1-3-13-8(11)5-6-10-7-9(12)14-4-2/h1-4,9,12,18-19H,5-8H2;1-4,11-12,18-19H,5-8H2;3-4,6-7H,1-2,5,8-9H2,(H,16,17);10H,3-7H2,1-2H3/t9-,12-;11-,12-;;/m01../s1. The van der Waals surface area contributed by atoms with E-state index in [1.54, 1.807) is 86.6 Å². The maximum absolute atomic E-state index is 12.3. The molecule has 5 heterocycles. The Hall–Kier alpha value is -7.77. The first-order valence-corrected chi connectivity index (χ1v) is 25.1. The van der Waals surface area contributed by atoms with Crippen molar-refractivity contribution in [2.75, 3.05) is 78.8 Å². The summed E-state index contributed by atoms with van der Waals surface area (Å²) in [5.74, 6) is -5.08. The molecule has 0 aromatic heterocycles. The van der Waals surface area contributed by atoms with E-state index < -0.39 is 59.7 Å². The topological polar surface area (TPSA) is 336 Å². The molecule has 8 rings (SSSR count). The van der Waals surface area contributed by atoms with Crippen molar-refractivity contribution in [2.45, 2.75) is 70.6 Å². The van der Waals surface area contributed by atoms with Crippen LogP contribution in [0.25, 0.3) is 0 Å². The predicted octanol–water partition coefficient (Wildman–Crippen LogP) is 0.351. The number of hydrogen-bond acceptors (Lipinski definition) is 18. The monoisotopic (exact) mass is 1070 g/mol. The van der Waals surface area contributed by atoms with Crippen molar-refractivity contribution in [3.8, 4) is 0 Å². The Morgan fingerprint density at radius 2 is 1.03 bits per heavy atom. The van der Waals surface area contributed by atoms with Gasteiger partial charge in [0, 0.05) is 45.1 Å². The van der Waals surface area contributed by atoms with E-state index in [0.717, 1.165) is 9.80 Å². The summed E-state index contributed by atoms with van der Waals surface area (Å²) in [6.07, 6.45) is 1.11. The minimum absolute atomic E-state index is 0.104. The van der Waals surface area contributed by atoms with Gasteiger partial charge in [-0.25, -0.2) is 0 Å². The summed E-state index contributed by atoms with van der Waals surface area (Å²) in [5, 5.41) is 49.1. The molecule has 0 bridgehead atoms. The highest BCUT2D eigenvalue weighted by atomic mass is 16.5. The molecule has 6 N–H and O–H groups in total. The largest absolute Gasteiger partial charge is 0.481 e. The number of esters is 2. The smallest absolute Gasteiger partial charge is 0.319 e. The van der Waals surface area contributed by atoms with Crippen molar-refractivity contribution in [3.63, 3.8) is 0 Å². The molecular weight excluding hydrogens is 1010 g/mol. The van der Waals surface area contributed by atoms with Crippen molar-refractivity contribution in [1.29, 1.82) is 0 Å². The molecule has 5 aliphatic rings. The molecule has 0 aliphatic carbocycles. The number of aliphatic carboxylic acids is 1. The normalized spacial score (nSPS) is 18.9. The van der Waals surface area contributed by atoms with E-state index in [0.29, 0.717) is 91.9 Å². The summed E-state index contributed by atoms with van der Waals surface area (Å²) in [4.78, 5) is 135. The third-order valence-corrected chi connectivity index (χ3v) is 12.9. The van der Waals surface area contributed by atoms with Crippen LogP contribution in [0.4, 0.5) is 0 Å². The van der Waals surface area contributed by atoms with Crippen LogP contribution in [0.2, 0.25) is 0 Å². The zero-order valence-corrected chi connectivity index (χ0v) is 42.7. The predicted molar refractivity (Wildman–Crippen MR) is 269 cm³/mol. The van der Waals surface area contributed by atoms with Crippen LogP contribution >= 0.6 is 0 Å². The highest BCUT2D eigenvalue weighted by Crippen LogP contribution is 2.26. The van der Waals surface area contributed by atoms with Gasteiger partial charge in [0.15, 0.2) is 0 Å². The summed E-state index contributed by atoms with van der Waals surface area (Å²) in [5.41, 5.74) is 2.10. The Morgan fingerprint density at radius 3 is 1.45 bits per heavy atom. The molecule has 24 nitrogen and oxygen atoms in total. The van der Waals surface area contributed by atoms with Crippen LogP contribution < -0.4 is 5.32 Å². The molecule has 0 spiro atoms. The number of carboxylic acid groups (broad SMARTS) is 1. The SMILES string of the molecule is CCOC(=O)CCNCC(=O)OCC.O=C(CN1C(=O)c2ccccc2C1=O)N1C[C@@H](CO)[C@@H](O)C1.O=C(O)CCCCCN1C(=O)c2ccccc2C1=O.O=C1c2ccccc2C(=O)N1CC(=O)N1CC[C@@H](O)[C@H]1CO. The Labute approximate surface area is 443 Å². The van der Waals surface area contributed by atoms with E-state index in [1.807, 2.05) is 0 Å². The number of carboxylic acids is 1. The van der Waals surface area contributed by atoms with Gasteiger partial charge in [-0.2, -0.15) is 0 Å². The number of aliphatic hydroxyl groups excluding tert-OH is 4. The number of nitrogens with one attached hydrogen (secondary N) is 1. The fourth-order valence-corrected chi connectivity index (χ4v) is 8.82. The lowest BCUT2D eigenvalue weighted by Crippen LogP contribution is -2.47. The molecule has 24 heteroatoms. The molecule has 5 aliphatic heterocycles. The van der Waals surface area contributed by atoms with Crippen LogP contribution in [-0.4, -0.2) is 212 Å². The highest BCUT2D eigenvalue weighted by Gasteiger charge is 2.42. The fourth-order valence-electron chi connectivity index (χ4n) is 8.82. The maximum atomic E-state index is 12.3. The van der Waals surface area contributed by atoms with Crippen LogP contribution in [-0.2, 0) is 33.4 Å². The number of fused-ring (bicyclic) bond motifs is 3. The average molecular weight is 1070 g/mol. The molecule has 3 aromatic carbocycles. The molecule has 0 unspecified atom stereocenters. The molecule has 4 atom stereocenters. The molecular formula is C53H64N6O18. The number of aliphatic hydroxyl groups is 4. The number of hydrogen-bond donors (Lipinski definition) is 6. The lowest BCUT2D eigenvalue weighted by atomic mass is 10.1. The molecule has 2 fully saturated rings. The zero-order valence-electron chi connectivity index (χ0n) is 42.7. The number of β-amino-alcohol motifs (C(OH)–C–C–N with tert-alkyl or cyclic N) is 1. The van der Waals surface area contributed by atoms with E-state index in [-0.39, 0.29) is 88.5 Å². The van der Waals surface area contributed by atoms with E-state index in [9.17, 15) is 68.1 Å². The van der Waals surface area contributed by atoms with Gasteiger partial charge in [0.05, 0.1) is 91.0 Å². The molecule has 2 saturated heterocycles. The minimum Gasteiger partial charge on any atom is -0.481 e. The number of amides is 8. The molecule has 414 valence electrons. The average Bonchev–Trinajstić information content (AvgIpc) is 4.19.